The van der Waals surface area contributed by atoms with Crippen LogP contribution >= 0.6 is 11.3 Å². The highest BCUT2D eigenvalue weighted by Crippen LogP contribution is 2.20. The lowest BCUT2D eigenvalue weighted by atomic mass is 10.1. The van der Waals surface area contributed by atoms with Crippen LogP contribution in [0.4, 0.5) is 0 Å². The van der Waals surface area contributed by atoms with Crippen molar-refractivity contribution in [2.45, 2.75) is 25.7 Å². The molecule has 0 saturated carbocycles. The highest BCUT2D eigenvalue weighted by Gasteiger charge is 2.17. The van der Waals surface area contributed by atoms with Gasteiger partial charge in [-0.2, -0.15) is 11.3 Å². The molecule has 20 heavy (non-hydrogen) atoms. The van der Waals surface area contributed by atoms with Crippen LogP contribution in [0.1, 0.15) is 36.0 Å². The van der Waals surface area contributed by atoms with Crippen molar-refractivity contribution in [2.24, 2.45) is 0 Å². The Hall–Kier alpha value is -1.68. The topological polar surface area (TPSA) is 33.2 Å². The molecule has 0 spiro atoms. The number of pyridine rings is 1. The van der Waals surface area contributed by atoms with E-state index < -0.39 is 0 Å². The molecule has 0 bridgehead atoms. The van der Waals surface area contributed by atoms with Gasteiger partial charge in [-0.3, -0.25) is 9.78 Å². The van der Waals surface area contributed by atoms with Gasteiger partial charge in [-0.1, -0.05) is 12.8 Å². The number of amides is 1. The van der Waals surface area contributed by atoms with Crippen LogP contribution in [0, 0.1) is 0 Å². The zero-order chi connectivity index (χ0) is 13.8. The molecule has 2 aromatic rings. The molecule has 0 aliphatic carbocycles. The molecule has 0 radical (unpaired) electrons. The summed E-state index contributed by atoms with van der Waals surface area (Å²) in [6.45, 7) is 1.76. The molecule has 2 aromatic heterocycles. The summed E-state index contributed by atoms with van der Waals surface area (Å²) >= 11 is 1.65. The molecule has 1 amide bonds. The first kappa shape index (κ1) is 13.3. The number of carbonyl (C=O) groups excluding carboxylic acids is 1. The van der Waals surface area contributed by atoms with Gasteiger partial charge in [0.05, 0.1) is 11.3 Å². The maximum atomic E-state index is 12.4. The minimum atomic E-state index is 0.122. The summed E-state index contributed by atoms with van der Waals surface area (Å²) in [4.78, 5) is 18.8. The van der Waals surface area contributed by atoms with E-state index >= 15 is 0 Å². The predicted molar refractivity (Wildman–Crippen MR) is 81.9 cm³/mol. The third kappa shape index (κ3) is 2.90. The Kier molecular flexibility index (Phi) is 4.11. The number of hydrogen-bond acceptors (Lipinski definition) is 3. The van der Waals surface area contributed by atoms with Gasteiger partial charge < -0.3 is 4.90 Å². The third-order valence-corrected chi connectivity index (χ3v) is 4.40. The fraction of sp³-hybridized carbons (Fsp3) is 0.375. The van der Waals surface area contributed by atoms with Crippen LogP contribution in [0.5, 0.6) is 0 Å². The summed E-state index contributed by atoms with van der Waals surface area (Å²) in [6, 6.07) is 5.88. The summed E-state index contributed by atoms with van der Waals surface area (Å²) in [7, 11) is 0. The largest absolute Gasteiger partial charge is 0.339 e. The Bertz CT molecular complexity index is 555. The van der Waals surface area contributed by atoms with Gasteiger partial charge in [0.15, 0.2) is 0 Å². The Balaban J connectivity index is 1.75. The SMILES string of the molecule is O=C(c1ccc(-c2ccsc2)nc1)N1CCCCCC1. The third-order valence-electron chi connectivity index (χ3n) is 3.72. The number of likely N-dealkylation sites (tertiary alicyclic amines) is 1. The molecule has 0 aromatic carbocycles. The molecule has 1 fully saturated rings. The molecule has 104 valence electrons. The molecule has 0 unspecified atom stereocenters. The summed E-state index contributed by atoms with van der Waals surface area (Å²) in [6.07, 6.45) is 6.41. The molecule has 3 heterocycles. The smallest absolute Gasteiger partial charge is 0.255 e. The van der Waals surface area contributed by atoms with Crippen molar-refractivity contribution in [1.29, 1.82) is 0 Å². The van der Waals surface area contributed by atoms with Gasteiger partial charge in [-0.15, -0.1) is 0 Å². The fourth-order valence-electron chi connectivity index (χ4n) is 2.56. The Labute approximate surface area is 123 Å². The second-order valence-corrected chi connectivity index (χ2v) is 5.93. The minimum absolute atomic E-state index is 0.122. The van der Waals surface area contributed by atoms with Crippen LogP contribution in [-0.2, 0) is 0 Å². The lowest BCUT2D eigenvalue weighted by Gasteiger charge is -2.20. The molecule has 1 aliphatic rings. The van der Waals surface area contributed by atoms with Gasteiger partial charge in [0.2, 0.25) is 0 Å². The van der Waals surface area contributed by atoms with Gasteiger partial charge in [0.1, 0.15) is 0 Å². The number of nitrogens with zero attached hydrogens (tertiary/aromatic N) is 2. The van der Waals surface area contributed by atoms with Crippen molar-refractivity contribution in [3.63, 3.8) is 0 Å². The average Bonchev–Trinajstić information content (AvgIpc) is 2.89. The van der Waals surface area contributed by atoms with E-state index in [1.54, 1.807) is 17.5 Å². The predicted octanol–water partition coefficient (Wildman–Crippen LogP) is 3.83. The number of hydrogen-bond donors (Lipinski definition) is 0. The van der Waals surface area contributed by atoms with E-state index in [2.05, 4.69) is 10.4 Å². The first-order valence-electron chi connectivity index (χ1n) is 7.12. The number of rotatable bonds is 2. The van der Waals surface area contributed by atoms with E-state index in [4.69, 9.17) is 0 Å². The van der Waals surface area contributed by atoms with Crippen molar-refractivity contribution in [1.82, 2.24) is 9.88 Å². The standard InChI is InChI=1S/C16H18N2OS/c19-16(18-8-3-1-2-4-9-18)13-5-6-15(17-11-13)14-7-10-20-12-14/h5-7,10-12H,1-4,8-9H2. The summed E-state index contributed by atoms with van der Waals surface area (Å²) in [5, 5.41) is 4.10. The van der Waals surface area contributed by atoms with E-state index in [1.807, 2.05) is 28.5 Å². The van der Waals surface area contributed by atoms with Crippen LogP contribution in [0.2, 0.25) is 0 Å². The monoisotopic (exact) mass is 286 g/mol. The number of thiophene rings is 1. The van der Waals surface area contributed by atoms with Gasteiger partial charge in [-0.05, 0) is 36.4 Å². The van der Waals surface area contributed by atoms with Crippen LogP contribution in [0.3, 0.4) is 0 Å². The highest BCUT2D eigenvalue weighted by atomic mass is 32.1. The van der Waals surface area contributed by atoms with Crippen molar-refractivity contribution in [3.05, 3.63) is 40.7 Å². The van der Waals surface area contributed by atoms with E-state index in [1.165, 1.54) is 12.8 Å². The van der Waals surface area contributed by atoms with Crippen LogP contribution in [0.25, 0.3) is 11.3 Å². The van der Waals surface area contributed by atoms with Crippen molar-refractivity contribution < 1.29 is 4.79 Å². The molecule has 1 aliphatic heterocycles. The molecule has 3 rings (SSSR count). The maximum absolute atomic E-state index is 12.4. The zero-order valence-corrected chi connectivity index (χ0v) is 12.2. The average molecular weight is 286 g/mol. The first-order chi connectivity index (χ1) is 9.84. The molecule has 0 N–H and O–H groups in total. The lowest BCUT2D eigenvalue weighted by Crippen LogP contribution is -2.31. The summed E-state index contributed by atoms with van der Waals surface area (Å²) in [5.41, 5.74) is 2.74. The zero-order valence-electron chi connectivity index (χ0n) is 11.4. The molecular weight excluding hydrogens is 268 g/mol. The van der Waals surface area contributed by atoms with Gasteiger partial charge in [-0.25, -0.2) is 0 Å². The molecule has 1 saturated heterocycles. The first-order valence-corrected chi connectivity index (χ1v) is 8.07. The van der Waals surface area contributed by atoms with Crippen molar-refractivity contribution >= 4 is 17.2 Å². The summed E-state index contributed by atoms with van der Waals surface area (Å²) < 4.78 is 0. The van der Waals surface area contributed by atoms with Crippen molar-refractivity contribution in [2.75, 3.05) is 13.1 Å². The Morgan fingerprint density at radius 3 is 2.50 bits per heavy atom. The second kappa shape index (κ2) is 6.18. The number of carbonyl (C=O) groups is 1. The Morgan fingerprint density at radius 1 is 1.10 bits per heavy atom. The van der Waals surface area contributed by atoms with Crippen LogP contribution in [-0.4, -0.2) is 28.9 Å². The fourth-order valence-corrected chi connectivity index (χ4v) is 3.21. The quantitative estimate of drug-likeness (QED) is 0.840. The van der Waals surface area contributed by atoms with Gasteiger partial charge in [0, 0.05) is 30.2 Å². The molecular formula is C16H18N2OS. The normalized spacial score (nSPS) is 15.9. The van der Waals surface area contributed by atoms with E-state index in [9.17, 15) is 4.79 Å². The van der Waals surface area contributed by atoms with Crippen LogP contribution < -0.4 is 0 Å². The molecule has 0 atom stereocenters. The van der Waals surface area contributed by atoms with Crippen molar-refractivity contribution in [3.8, 4) is 11.3 Å². The Morgan fingerprint density at radius 2 is 1.90 bits per heavy atom. The van der Waals surface area contributed by atoms with E-state index in [0.29, 0.717) is 5.56 Å². The maximum Gasteiger partial charge on any atom is 0.255 e. The lowest BCUT2D eigenvalue weighted by molar-refractivity contribution is 0.0761. The second-order valence-electron chi connectivity index (χ2n) is 5.15. The van der Waals surface area contributed by atoms with E-state index in [0.717, 1.165) is 37.2 Å². The van der Waals surface area contributed by atoms with Gasteiger partial charge in [0.25, 0.3) is 5.91 Å². The molecule has 3 nitrogen and oxygen atoms in total. The van der Waals surface area contributed by atoms with Gasteiger partial charge >= 0.3 is 0 Å². The summed E-state index contributed by atoms with van der Waals surface area (Å²) in [5.74, 6) is 0.122. The molecule has 4 heteroatoms. The number of aromatic nitrogens is 1. The highest BCUT2D eigenvalue weighted by molar-refractivity contribution is 7.08. The minimum Gasteiger partial charge on any atom is -0.339 e. The van der Waals surface area contributed by atoms with Crippen LogP contribution in [0.15, 0.2) is 35.2 Å². The van der Waals surface area contributed by atoms with E-state index in [-0.39, 0.29) is 5.91 Å².